The van der Waals surface area contributed by atoms with Gasteiger partial charge in [-0.2, -0.15) is 0 Å². The zero-order valence-corrected chi connectivity index (χ0v) is 31.4. The Labute approximate surface area is 328 Å². The largest absolute Gasteiger partial charge is 0.486 e. The number of nitrogens with zero attached hydrogens (tertiary/aromatic N) is 3. The number of ether oxygens (including phenoxy) is 3. The van der Waals surface area contributed by atoms with E-state index in [1.165, 1.54) is 25.1 Å². The van der Waals surface area contributed by atoms with E-state index >= 15 is 8.78 Å². The molecule has 314 valence electrons. The van der Waals surface area contributed by atoms with Crippen LogP contribution in [0, 0.1) is 18.6 Å². The molecular weight excluding hydrogens is 774 g/mol. The van der Waals surface area contributed by atoms with Crippen LogP contribution in [0.3, 0.4) is 0 Å². The molecule has 2 aromatic heterocycles. The molecule has 8 N–H and O–H groups in total. The predicted octanol–water partition coefficient (Wildman–Crippen LogP) is 0.100. The van der Waals surface area contributed by atoms with Crippen LogP contribution in [-0.2, 0) is 19.1 Å². The number of esters is 1. The minimum absolute atomic E-state index is 0.0318. The normalized spacial score (nSPS) is 20.6. The number of hydrogen-bond donors (Lipinski definition) is 7. The summed E-state index contributed by atoms with van der Waals surface area (Å²) in [5.41, 5.74) is 4.18. The van der Waals surface area contributed by atoms with Crippen molar-refractivity contribution in [1.29, 1.82) is 0 Å². The Bertz CT molecular complexity index is 2170. The highest BCUT2D eigenvalue weighted by molar-refractivity contribution is 5.92. The predicted molar refractivity (Wildman–Crippen MR) is 197 cm³/mol. The fraction of sp³-hybridized carbons (Fsp3) is 0.500. The summed E-state index contributed by atoms with van der Waals surface area (Å²) >= 11 is 0. The number of ketones is 1. The van der Waals surface area contributed by atoms with Gasteiger partial charge in [0.15, 0.2) is 23.5 Å². The van der Waals surface area contributed by atoms with Gasteiger partial charge in [-0.15, -0.1) is 0 Å². The number of aliphatic hydroxyl groups excluding tert-OH is 5. The first-order valence-electron chi connectivity index (χ1n) is 18.5. The van der Waals surface area contributed by atoms with E-state index in [0.717, 1.165) is 34.4 Å². The van der Waals surface area contributed by atoms with Crippen molar-refractivity contribution >= 4 is 40.7 Å². The third-order valence-corrected chi connectivity index (χ3v) is 10.9. The number of halogens is 2. The minimum atomic E-state index is -2.43. The van der Waals surface area contributed by atoms with Crippen molar-refractivity contribution in [2.24, 2.45) is 5.73 Å². The molecule has 1 aliphatic carbocycles. The summed E-state index contributed by atoms with van der Waals surface area (Å²) in [4.78, 5) is 65.2. The molecule has 1 unspecified atom stereocenters. The Kier molecular flexibility index (Phi) is 12.1. The first kappa shape index (κ1) is 42.4. The summed E-state index contributed by atoms with van der Waals surface area (Å²) in [6.45, 7) is 1.04. The van der Waals surface area contributed by atoms with Crippen molar-refractivity contribution in [3.8, 4) is 5.75 Å². The van der Waals surface area contributed by atoms with Crippen molar-refractivity contribution in [2.45, 2.75) is 87.6 Å². The van der Waals surface area contributed by atoms with E-state index in [1.807, 2.05) is 0 Å². The molecule has 1 saturated carbocycles. The van der Waals surface area contributed by atoms with E-state index in [1.54, 1.807) is 11.8 Å². The van der Waals surface area contributed by atoms with Gasteiger partial charge in [0.25, 0.3) is 5.56 Å². The van der Waals surface area contributed by atoms with E-state index in [0.29, 0.717) is 16.6 Å². The van der Waals surface area contributed by atoms with Gasteiger partial charge >= 0.3 is 18.0 Å². The van der Waals surface area contributed by atoms with E-state index in [-0.39, 0.29) is 55.5 Å². The van der Waals surface area contributed by atoms with Crippen LogP contribution in [0.1, 0.15) is 60.0 Å². The third-order valence-electron chi connectivity index (χ3n) is 10.9. The first-order valence-corrected chi connectivity index (χ1v) is 18.5. The second-order valence-electron chi connectivity index (χ2n) is 14.9. The molecule has 18 nitrogen and oxygen atoms in total. The number of hydrogen-bond acceptors (Lipinski definition) is 15. The fourth-order valence-electron chi connectivity index (χ4n) is 7.37. The Morgan fingerprint density at radius 2 is 1.71 bits per heavy atom. The van der Waals surface area contributed by atoms with Crippen molar-refractivity contribution in [3.63, 3.8) is 0 Å². The number of aryl methyl sites for hydroxylation is 1. The number of pyridine rings is 2. The van der Waals surface area contributed by atoms with Gasteiger partial charge in [-0.1, -0.05) is 0 Å². The topological polar surface area (TPSA) is 271 Å². The molecule has 4 heterocycles. The van der Waals surface area contributed by atoms with Crippen LogP contribution in [0.5, 0.6) is 5.75 Å². The van der Waals surface area contributed by atoms with Gasteiger partial charge < -0.3 is 55.5 Å². The van der Waals surface area contributed by atoms with E-state index < -0.39 is 102 Å². The number of carbonyl (C=O) groups excluding carboxylic acids is 3. The molecule has 6 atom stereocenters. The second-order valence-corrected chi connectivity index (χ2v) is 14.9. The monoisotopic (exact) mass is 818 g/mol. The highest BCUT2D eigenvalue weighted by Crippen LogP contribution is 2.44. The maximum absolute atomic E-state index is 16.0. The molecule has 3 aromatic rings. The molecule has 1 amide bonds. The molecular formula is C38H44F2N4O14. The summed E-state index contributed by atoms with van der Waals surface area (Å²) < 4.78 is 49.2. The Morgan fingerprint density at radius 1 is 1.03 bits per heavy atom. The summed E-state index contributed by atoms with van der Waals surface area (Å²) in [7, 11) is 0. The van der Waals surface area contributed by atoms with Crippen molar-refractivity contribution < 1.29 is 72.8 Å². The lowest BCUT2D eigenvalue weighted by Crippen LogP contribution is -2.55. The number of rotatable bonds is 15. The average Bonchev–Trinajstić information content (AvgIpc) is 3.97. The van der Waals surface area contributed by atoms with Crippen LogP contribution in [0.15, 0.2) is 35.3 Å². The number of cyclic esters (lactones) is 1. The third kappa shape index (κ3) is 8.20. The molecule has 0 bridgehead atoms. The van der Waals surface area contributed by atoms with Crippen molar-refractivity contribution in [2.75, 3.05) is 42.6 Å². The first-order chi connectivity index (χ1) is 27.4. The van der Waals surface area contributed by atoms with Crippen molar-refractivity contribution in [3.05, 3.63) is 69.1 Å². The molecule has 1 aromatic carbocycles. The number of carboxylic acids is 1. The SMILES string of the molecule is CC(=O)C(N)[C@@H]1CN(c2ccc(OCC3(OC(=O)[C@H](O)[C@@H](O)[C@H](O)[C@H](O)CO)CCN(c4c(F)cn5c(=O)c(C(=O)O)cc(C6CC6)c5c4C)CC3)c(F)c2)C(=O)O1. The maximum atomic E-state index is 16.0. The number of carboxylic acid groups (broad SMARTS) is 1. The number of aromatic carboxylic acids is 1. The van der Waals surface area contributed by atoms with Gasteiger partial charge in [-0.05, 0) is 61.9 Å². The average molecular weight is 819 g/mol. The van der Waals surface area contributed by atoms with Gasteiger partial charge in [0.2, 0.25) is 0 Å². The lowest BCUT2D eigenvalue weighted by Gasteiger charge is -2.42. The summed E-state index contributed by atoms with van der Waals surface area (Å²) in [6.07, 6.45) is -8.51. The number of Topliss-reactive ketones (excluding diaryl/α,β-unsaturated/α-hetero) is 1. The molecule has 6 rings (SSSR count). The van der Waals surface area contributed by atoms with Crippen LogP contribution in [0.25, 0.3) is 5.52 Å². The van der Waals surface area contributed by atoms with E-state index in [4.69, 9.17) is 25.1 Å². The smallest absolute Gasteiger partial charge is 0.414 e. The highest BCUT2D eigenvalue weighted by Gasteiger charge is 2.45. The number of benzene rings is 1. The Morgan fingerprint density at radius 3 is 2.29 bits per heavy atom. The minimum Gasteiger partial charge on any atom is -0.486 e. The number of anilines is 2. The molecule has 58 heavy (non-hydrogen) atoms. The van der Waals surface area contributed by atoms with Crippen molar-refractivity contribution in [1.82, 2.24) is 4.40 Å². The lowest BCUT2D eigenvalue weighted by atomic mass is 9.90. The molecule has 0 radical (unpaired) electrons. The number of amides is 1. The zero-order chi connectivity index (χ0) is 42.4. The van der Waals surface area contributed by atoms with Gasteiger partial charge in [0.1, 0.15) is 54.0 Å². The lowest BCUT2D eigenvalue weighted by molar-refractivity contribution is -0.189. The molecule has 20 heteroatoms. The molecule has 3 aliphatic rings. The number of piperidine rings is 1. The second kappa shape index (κ2) is 16.5. The fourth-order valence-corrected chi connectivity index (χ4v) is 7.37. The van der Waals surface area contributed by atoms with Gasteiger partial charge in [-0.3, -0.25) is 18.9 Å². The van der Waals surface area contributed by atoms with Crippen LogP contribution in [0.2, 0.25) is 0 Å². The molecule has 3 fully saturated rings. The van der Waals surface area contributed by atoms with E-state index in [9.17, 15) is 49.5 Å². The van der Waals surface area contributed by atoms with Crippen LogP contribution in [-0.4, -0.2) is 134 Å². The van der Waals surface area contributed by atoms with E-state index in [2.05, 4.69) is 0 Å². The highest BCUT2D eigenvalue weighted by atomic mass is 19.1. The summed E-state index contributed by atoms with van der Waals surface area (Å²) in [5, 5.41) is 59.6. The van der Waals surface area contributed by atoms with Crippen LogP contribution in [0.4, 0.5) is 25.0 Å². The molecule has 2 saturated heterocycles. The molecule has 2 aliphatic heterocycles. The zero-order valence-electron chi connectivity index (χ0n) is 31.4. The quantitative estimate of drug-likeness (QED) is 0.100. The summed E-state index contributed by atoms with van der Waals surface area (Å²) in [6, 6.07) is 3.73. The van der Waals surface area contributed by atoms with Gasteiger partial charge in [0, 0.05) is 32.0 Å². The number of carbonyl (C=O) groups is 4. The maximum Gasteiger partial charge on any atom is 0.414 e. The molecule has 0 spiro atoms. The van der Waals surface area contributed by atoms with Gasteiger partial charge in [-0.25, -0.2) is 23.2 Å². The number of nitrogens with two attached hydrogens (primary N) is 1. The van der Waals surface area contributed by atoms with Gasteiger partial charge in [0.05, 0.1) is 36.2 Å². The number of aromatic nitrogens is 1. The van der Waals surface area contributed by atoms with Crippen LogP contribution < -0.4 is 25.8 Å². The number of fused-ring (bicyclic) bond motifs is 1. The van der Waals surface area contributed by atoms with Crippen LogP contribution >= 0.6 is 0 Å². The summed E-state index contributed by atoms with van der Waals surface area (Å²) in [5.74, 6) is -5.51. The Balaban J connectivity index is 1.26. The Hall–Kier alpha value is -5.25. The standard InChI is InChI=1S/C38H44F2N4O14/c1-17-29-21(19-3-4-19)12-22(35(52)53)34(51)44(29)13-24(40)30(17)42-9-7-38(8-10-42,58-36(54)33(50)32(49)31(48)25(47)15-45)16-56-26-6-5-20(11-23(26)39)43-14-27(57-37(43)55)28(41)18(2)46/h5-6,11-13,19,25,27-28,31-33,45,47-50H,3-4,7-10,14-16,41H2,1-2H3,(H,52,53)/t25-,27+,28?,31-,32+,33-/m1/s1. The number of aliphatic hydroxyl groups is 5.